The van der Waals surface area contributed by atoms with E-state index in [2.05, 4.69) is 10.6 Å². The van der Waals surface area contributed by atoms with E-state index in [0.29, 0.717) is 13.1 Å². The van der Waals surface area contributed by atoms with Gasteiger partial charge < -0.3 is 20.5 Å². The van der Waals surface area contributed by atoms with Crippen LogP contribution in [0.25, 0.3) is 0 Å². The number of urea groups is 1. The first-order valence-electron chi connectivity index (χ1n) is 6.40. The summed E-state index contributed by atoms with van der Waals surface area (Å²) in [5.74, 6) is 0. The summed E-state index contributed by atoms with van der Waals surface area (Å²) in [7, 11) is 1.62. The van der Waals surface area contributed by atoms with Crippen molar-refractivity contribution < 1.29 is 14.6 Å². The van der Waals surface area contributed by atoms with Gasteiger partial charge in [-0.15, -0.1) is 0 Å². The summed E-state index contributed by atoms with van der Waals surface area (Å²) in [5.41, 5.74) is -0.424. The second-order valence-corrected chi connectivity index (χ2v) is 6.00. The lowest BCUT2D eigenvalue weighted by molar-refractivity contribution is 0.0254. The molecule has 0 aliphatic heterocycles. The van der Waals surface area contributed by atoms with Crippen LogP contribution in [0.2, 0.25) is 0 Å². The minimum Gasteiger partial charge on any atom is -0.396 e. The number of hydrogen-bond donors (Lipinski definition) is 3. The highest BCUT2D eigenvalue weighted by Gasteiger charge is 2.18. The highest BCUT2D eigenvalue weighted by Crippen LogP contribution is 2.20. The zero-order valence-electron chi connectivity index (χ0n) is 12.3. The Bertz CT molecular complexity index is 253. The Balaban J connectivity index is 3.67. The van der Waals surface area contributed by atoms with Gasteiger partial charge >= 0.3 is 6.03 Å². The lowest BCUT2D eigenvalue weighted by atomic mass is 9.89. The van der Waals surface area contributed by atoms with Crippen LogP contribution >= 0.6 is 0 Å². The Hall–Kier alpha value is -0.810. The first-order chi connectivity index (χ1) is 8.22. The van der Waals surface area contributed by atoms with Gasteiger partial charge in [0.25, 0.3) is 0 Å². The molecule has 0 aliphatic carbocycles. The number of hydrogen-bond acceptors (Lipinski definition) is 3. The van der Waals surface area contributed by atoms with Gasteiger partial charge in [-0.1, -0.05) is 13.8 Å². The molecule has 0 spiro atoms. The SMILES string of the molecule is COC(C)(C)CNC(=O)NCCCC(C)(C)CO. The van der Waals surface area contributed by atoms with Crippen molar-refractivity contribution >= 4 is 6.03 Å². The van der Waals surface area contributed by atoms with Gasteiger partial charge in [0.05, 0.1) is 5.60 Å². The summed E-state index contributed by atoms with van der Waals surface area (Å²) in [5, 5.41) is 14.6. The molecule has 3 N–H and O–H groups in total. The highest BCUT2D eigenvalue weighted by atomic mass is 16.5. The van der Waals surface area contributed by atoms with E-state index in [-0.39, 0.29) is 23.7 Å². The van der Waals surface area contributed by atoms with Crippen LogP contribution in [0.3, 0.4) is 0 Å². The van der Waals surface area contributed by atoms with Crippen LogP contribution in [0.15, 0.2) is 0 Å². The van der Waals surface area contributed by atoms with E-state index in [0.717, 1.165) is 12.8 Å². The molecule has 0 saturated carbocycles. The number of aliphatic hydroxyl groups excluding tert-OH is 1. The number of carbonyl (C=O) groups is 1. The first-order valence-corrected chi connectivity index (χ1v) is 6.40. The molecular weight excluding hydrogens is 232 g/mol. The molecule has 0 aliphatic rings. The van der Waals surface area contributed by atoms with E-state index < -0.39 is 0 Å². The van der Waals surface area contributed by atoms with Crippen molar-refractivity contribution in [1.82, 2.24) is 10.6 Å². The Kier molecular flexibility index (Phi) is 7.25. The van der Waals surface area contributed by atoms with Crippen molar-refractivity contribution in [3.05, 3.63) is 0 Å². The maximum Gasteiger partial charge on any atom is 0.314 e. The summed E-state index contributed by atoms with van der Waals surface area (Å²) in [4.78, 5) is 11.5. The Labute approximate surface area is 110 Å². The highest BCUT2D eigenvalue weighted by molar-refractivity contribution is 5.73. The molecule has 5 nitrogen and oxygen atoms in total. The van der Waals surface area contributed by atoms with Gasteiger partial charge in [-0.05, 0) is 32.1 Å². The molecular formula is C13H28N2O3. The van der Waals surface area contributed by atoms with Crippen molar-refractivity contribution in [2.24, 2.45) is 5.41 Å². The van der Waals surface area contributed by atoms with E-state index in [1.54, 1.807) is 7.11 Å². The van der Waals surface area contributed by atoms with Gasteiger partial charge in [-0.3, -0.25) is 0 Å². The summed E-state index contributed by atoms with van der Waals surface area (Å²) < 4.78 is 5.20. The van der Waals surface area contributed by atoms with Gasteiger partial charge in [0.1, 0.15) is 0 Å². The predicted octanol–water partition coefficient (Wildman–Crippen LogP) is 1.51. The van der Waals surface area contributed by atoms with Gasteiger partial charge in [0.15, 0.2) is 0 Å². The quantitative estimate of drug-likeness (QED) is 0.579. The van der Waals surface area contributed by atoms with E-state index >= 15 is 0 Å². The molecule has 0 aromatic carbocycles. The third-order valence-corrected chi connectivity index (χ3v) is 2.97. The first kappa shape index (κ1) is 17.2. The maximum absolute atomic E-state index is 11.5. The summed E-state index contributed by atoms with van der Waals surface area (Å²) in [6, 6.07) is -0.179. The van der Waals surface area contributed by atoms with Crippen LogP contribution in [-0.4, -0.2) is 43.5 Å². The number of nitrogens with one attached hydrogen (secondary N) is 2. The van der Waals surface area contributed by atoms with E-state index in [9.17, 15) is 4.79 Å². The monoisotopic (exact) mass is 260 g/mol. The minimum atomic E-state index is -0.351. The number of aliphatic hydroxyl groups is 1. The second-order valence-electron chi connectivity index (χ2n) is 6.00. The fourth-order valence-corrected chi connectivity index (χ4v) is 1.28. The number of methoxy groups -OCH3 is 1. The van der Waals surface area contributed by atoms with Crippen molar-refractivity contribution in [1.29, 1.82) is 0 Å². The third kappa shape index (κ3) is 8.31. The van der Waals surface area contributed by atoms with Crippen LogP contribution in [0.4, 0.5) is 4.79 Å². The van der Waals surface area contributed by atoms with Gasteiger partial charge in [0, 0.05) is 26.8 Å². The Morgan fingerprint density at radius 3 is 2.33 bits per heavy atom. The second kappa shape index (κ2) is 7.59. The normalized spacial score (nSPS) is 12.3. The van der Waals surface area contributed by atoms with E-state index in [1.807, 2.05) is 27.7 Å². The summed E-state index contributed by atoms with van der Waals surface area (Å²) >= 11 is 0. The molecule has 0 bridgehead atoms. The summed E-state index contributed by atoms with van der Waals surface area (Å²) in [6.07, 6.45) is 1.74. The molecule has 0 heterocycles. The van der Waals surface area contributed by atoms with Gasteiger partial charge in [-0.2, -0.15) is 0 Å². The molecule has 0 aromatic rings. The van der Waals surface area contributed by atoms with Crippen LogP contribution in [0.5, 0.6) is 0 Å². The molecule has 0 unspecified atom stereocenters. The predicted molar refractivity (Wildman–Crippen MR) is 72.6 cm³/mol. The minimum absolute atomic E-state index is 0.0732. The van der Waals surface area contributed by atoms with E-state index in [4.69, 9.17) is 9.84 Å². The van der Waals surface area contributed by atoms with E-state index in [1.165, 1.54) is 0 Å². The number of amides is 2. The number of ether oxygens (including phenoxy) is 1. The van der Waals surface area contributed by atoms with Crippen molar-refractivity contribution in [2.45, 2.75) is 46.1 Å². The summed E-state index contributed by atoms with van der Waals surface area (Å²) in [6.45, 7) is 9.10. The molecule has 0 radical (unpaired) electrons. The van der Waals surface area contributed by atoms with Crippen molar-refractivity contribution in [3.63, 3.8) is 0 Å². The molecule has 0 saturated heterocycles. The zero-order valence-corrected chi connectivity index (χ0v) is 12.3. The van der Waals surface area contributed by atoms with Crippen LogP contribution in [-0.2, 0) is 4.74 Å². The van der Waals surface area contributed by atoms with Crippen molar-refractivity contribution in [3.8, 4) is 0 Å². The fraction of sp³-hybridized carbons (Fsp3) is 0.923. The molecule has 2 amide bonds. The molecule has 108 valence electrons. The maximum atomic E-state index is 11.5. The fourth-order valence-electron chi connectivity index (χ4n) is 1.28. The number of carbonyl (C=O) groups excluding carboxylic acids is 1. The Morgan fingerprint density at radius 1 is 1.22 bits per heavy atom. The average molecular weight is 260 g/mol. The smallest absolute Gasteiger partial charge is 0.314 e. The molecule has 0 atom stereocenters. The van der Waals surface area contributed by atoms with Crippen LogP contribution in [0.1, 0.15) is 40.5 Å². The molecule has 0 rings (SSSR count). The topological polar surface area (TPSA) is 70.6 Å². The van der Waals surface area contributed by atoms with Crippen LogP contribution in [0, 0.1) is 5.41 Å². The largest absolute Gasteiger partial charge is 0.396 e. The number of rotatable bonds is 8. The van der Waals surface area contributed by atoms with Gasteiger partial charge in [0.2, 0.25) is 0 Å². The molecule has 18 heavy (non-hydrogen) atoms. The van der Waals surface area contributed by atoms with Crippen molar-refractivity contribution in [2.75, 3.05) is 26.8 Å². The lowest BCUT2D eigenvalue weighted by Gasteiger charge is -2.23. The molecule has 0 fully saturated rings. The molecule has 0 aromatic heterocycles. The zero-order chi connectivity index (χ0) is 14.2. The van der Waals surface area contributed by atoms with Gasteiger partial charge in [-0.25, -0.2) is 4.79 Å². The standard InChI is InChI=1S/C13H28N2O3/c1-12(2,10-16)7-6-8-14-11(17)15-9-13(3,4)18-5/h16H,6-10H2,1-5H3,(H2,14,15,17). The van der Waals surface area contributed by atoms with Crippen LogP contribution < -0.4 is 10.6 Å². The molecule has 5 heteroatoms. The third-order valence-electron chi connectivity index (χ3n) is 2.97. The average Bonchev–Trinajstić information content (AvgIpc) is 2.32. The lowest BCUT2D eigenvalue weighted by Crippen LogP contribution is -2.44. The Morgan fingerprint density at radius 2 is 1.83 bits per heavy atom.